The molecule has 2 aliphatic heterocycles. The van der Waals surface area contributed by atoms with Crippen molar-refractivity contribution in [1.82, 2.24) is 15.5 Å². The molecule has 0 amide bonds. The first-order valence-electron chi connectivity index (χ1n) is 10.3. The smallest absolute Gasteiger partial charge is 0.191 e. The predicted octanol–water partition coefficient (Wildman–Crippen LogP) is 2.10. The van der Waals surface area contributed by atoms with Crippen molar-refractivity contribution >= 4 is 5.96 Å². The second-order valence-electron chi connectivity index (χ2n) is 7.31. The summed E-state index contributed by atoms with van der Waals surface area (Å²) in [6.45, 7) is 11.0. The van der Waals surface area contributed by atoms with Crippen LogP contribution in [0.15, 0.2) is 29.3 Å². The molecule has 0 saturated carbocycles. The zero-order valence-corrected chi connectivity index (χ0v) is 16.7. The zero-order valence-electron chi connectivity index (χ0n) is 16.7. The highest BCUT2D eigenvalue weighted by Crippen LogP contribution is 2.23. The molecule has 0 spiro atoms. The van der Waals surface area contributed by atoms with Gasteiger partial charge in [-0.3, -0.25) is 9.89 Å². The average molecular weight is 375 g/mol. The number of hydrogen-bond donors (Lipinski definition) is 2. The third kappa shape index (κ3) is 6.19. The largest absolute Gasteiger partial charge is 0.379 e. The molecule has 0 radical (unpaired) electrons. The number of morpholine rings is 1. The normalized spacial score (nSPS) is 22.6. The molecule has 2 N–H and O–H groups in total. The quantitative estimate of drug-likeness (QED) is 0.565. The van der Waals surface area contributed by atoms with Crippen molar-refractivity contribution in [2.45, 2.75) is 38.8 Å². The van der Waals surface area contributed by atoms with Crippen molar-refractivity contribution in [2.75, 3.05) is 52.5 Å². The molecule has 0 bridgehead atoms. The van der Waals surface area contributed by atoms with Gasteiger partial charge in [-0.05, 0) is 32.3 Å². The topological polar surface area (TPSA) is 58.1 Å². The number of hydrogen-bond acceptors (Lipinski definition) is 4. The number of nitrogens with one attached hydrogen (secondary N) is 2. The Kier molecular flexibility index (Phi) is 7.93. The fraction of sp³-hybridized carbons (Fsp3) is 0.667. The maximum atomic E-state index is 5.72. The van der Waals surface area contributed by atoms with Gasteiger partial charge in [0.15, 0.2) is 5.96 Å². The minimum atomic E-state index is 0.270. The molecule has 1 aromatic carbocycles. The molecule has 6 heteroatoms. The lowest BCUT2D eigenvalue weighted by Crippen LogP contribution is -2.43. The Balaban J connectivity index is 1.68. The van der Waals surface area contributed by atoms with Crippen LogP contribution in [0.4, 0.5) is 0 Å². The molecule has 1 aromatic rings. The van der Waals surface area contributed by atoms with Gasteiger partial charge >= 0.3 is 0 Å². The lowest BCUT2D eigenvalue weighted by molar-refractivity contribution is 0.0179. The van der Waals surface area contributed by atoms with Crippen molar-refractivity contribution in [3.05, 3.63) is 35.4 Å². The van der Waals surface area contributed by atoms with E-state index in [0.29, 0.717) is 6.10 Å². The Morgan fingerprint density at radius 2 is 2.11 bits per heavy atom. The van der Waals surface area contributed by atoms with Crippen LogP contribution in [-0.2, 0) is 9.47 Å². The van der Waals surface area contributed by atoms with Gasteiger partial charge in [-0.15, -0.1) is 0 Å². The van der Waals surface area contributed by atoms with Crippen LogP contribution in [0.25, 0.3) is 0 Å². The van der Waals surface area contributed by atoms with Gasteiger partial charge in [-0.2, -0.15) is 0 Å². The van der Waals surface area contributed by atoms with E-state index < -0.39 is 0 Å². The molecule has 2 fully saturated rings. The van der Waals surface area contributed by atoms with Gasteiger partial charge in [0.1, 0.15) is 0 Å². The van der Waals surface area contributed by atoms with E-state index in [1.165, 1.54) is 11.1 Å². The molecule has 2 aliphatic rings. The van der Waals surface area contributed by atoms with Crippen LogP contribution in [0, 0.1) is 6.92 Å². The number of rotatable bonds is 7. The number of benzene rings is 1. The number of ether oxygens (including phenoxy) is 2. The summed E-state index contributed by atoms with van der Waals surface area (Å²) in [5.41, 5.74) is 2.62. The van der Waals surface area contributed by atoms with Gasteiger partial charge < -0.3 is 20.1 Å². The van der Waals surface area contributed by atoms with Gasteiger partial charge in [-0.25, -0.2) is 0 Å². The summed E-state index contributed by atoms with van der Waals surface area (Å²) in [7, 11) is 0. The SMILES string of the molecule is CCNC(=NCC(c1cccc(C)c1)N1CCOCC1)NCC1CCCO1. The van der Waals surface area contributed by atoms with E-state index >= 15 is 0 Å². The Morgan fingerprint density at radius 3 is 2.81 bits per heavy atom. The molecule has 2 heterocycles. The number of aryl methyl sites for hydroxylation is 1. The van der Waals surface area contributed by atoms with Crippen LogP contribution in [0.5, 0.6) is 0 Å². The summed E-state index contributed by atoms with van der Waals surface area (Å²) >= 11 is 0. The summed E-state index contributed by atoms with van der Waals surface area (Å²) in [4.78, 5) is 7.40. The van der Waals surface area contributed by atoms with E-state index in [2.05, 4.69) is 53.6 Å². The standard InChI is InChI=1S/C21H34N4O2/c1-3-22-21(23-15-19-8-5-11-27-19)24-16-20(25-9-12-26-13-10-25)18-7-4-6-17(2)14-18/h4,6-7,14,19-20H,3,5,8-13,15-16H2,1-2H3,(H2,22,23,24). The third-order valence-corrected chi connectivity index (χ3v) is 5.20. The first kappa shape index (κ1) is 20.1. The van der Waals surface area contributed by atoms with E-state index in [4.69, 9.17) is 14.5 Å². The highest BCUT2D eigenvalue weighted by Gasteiger charge is 2.23. The first-order chi connectivity index (χ1) is 13.3. The minimum absolute atomic E-state index is 0.270. The van der Waals surface area contributed by atoms with Crippen LogP contribution in [0.3, 0.4) is 0 Å². The highest BCUT2D eigenvalue weighted by molar-refractivity contribution is 5.79. The maximum Gasteiger partial charge on any atom is 0.191 e. The first-order valence-corrected chi connectivity index (χ1v) is 10.3. The molecular formula is C21H34N4O2. The molecule has 0 aromatic heterocycles. The lowest BCUT2D eigenvalue weighted by Gasteiger charge is -2.34. The van der Waals surface area contributed by atoms with Crippen molar-refractivity contribution in [2.24, 2.45) is 4.99 Å². The molecular weight excluding hydrogens is 340 g/mol. The predicted molar refractivity (Wildman–Crippen MR) is 109 cm³/mol. The summed E-state index contributed by atoms with van der Waals surface area (Å²) in [5.74, 6) is 0.874. The number of aliphatic imine (C=N–C) groups is 1. The highest BCUT2D eigenvalue weighted by atomic mass is 16.5. The fourth-order valence-electron chi connectivity index (χ4n) is 3.73. The van der Waals surface area contributed by atoms with Gasteiger partial charge in [0.2, 0.25) is 0 Å². The molecule has 27 heavy (non-hydrogen) atoms. The van der Waals surface area contributed by atoms with Crippen molar-refractivity contribution in [3.63, 3.8) is 0 Å². The number of nitrogens with zero attached hydrogens (tertiary/aromatic N) is 2. The monoisotopic (exact) mass is 374 g/mol. The maximum absolute atomic E-state index is 5.72. The van der Waals surface area contributed by atoms with Crippen molar-refractivity contribution in [1.29, 1.82) is 0 Å². The van der Waals surface area contributed by atoms with Gasteiger partial charge in [0, 0.05) is 32.8 Å². The van der Waals surface area contributed by atoms with Crippen LogP contribution >= 0.6 is 0 Å². The van der Waals surface area contributed by atoms with Crippen LogP contribution in [0.2, 0.25) is 0 Å². The van der Waals surface area contributed by atoms with E-state index in [1.54, 1.807) is 0 Å². The van der Waals surface area contributed by atoms with Crippen LogP contribution < -0.4 is 10.6 Å². The van der Waals surface area contributed by atoms with Crippen molar-refractivity contribution < 1.29 is 9.47 Å². The molecule has 6 nitrogen and oxygen atoms in total. The zero-order chi connectivity index (χ0) is 18.9. The number of guanidine groups is 1. The molecule has 0 aliphatic carbocycles. The Bertz CT molecular complexity index is 596. The minimum Gasteiger partial charge on any atom is -0.379 e. The van der Waals surface area contributed by atoms with E-state index in [9.17, 15) is 0 Å². The Hall–Kier alpha value is -1.63. The van der Waals surface area contributed by atoms with Crippen LogP contribution in [-0.4, -0.2) is 69.5 Å². The second-order valence-corrected chi connectivity index (χ2v) is 7.31. The Labute approximate surface area is 163 Å². The van der Waals surface area contributed by atoms with Gasteiger partial charge in [-0.1, -0.05) is 29.8 Å². The third-order valence-electron chi connectivity index (χ3n) is 5.20. The fourth-order valence-corrected chi connectivity index (χ4v) is 3.73. The van der Waals surface area contributed by atoms with E-state index in [1.807, 2.05) is 0 Å². The molecule has 2 saturated heterocycles. The van der Waals surface area contributed by atoms with Gasteiger partial charge in [0.05, 0.1) is 31.9 Å². The summed E-state index contributed by atoms with van der Waals surface area (Å²) in [5, 5.41) is 6.82. The van der Waals surface area contributed by atoms with Gasteiger partial charge in [0.25, 0.3) is 0 Å². The van der Waals surface area contributed by atoms with E-state index in [-0.39, 0.29) is 6.04 Å². The lowest BCUT2D eigenvalue weighted by atomic mass is 10.0. The molecule has 2 atom stereocenters. The molecule has 150 valence electrons. The van der Waals surface area contributed by atoms with Crippen molar-refractivity contribution in [3.8, 4) is 0 Å². The Morgan fingerprint density at radius 1 is 1.26 bits per heavy atom. The summed E-state index contributed by atoms with van der Waals surface area (Å²) in [6.07, 6.45) is 2.60. The second kappa shape index (κ2) is 10.6. The van der Waals surface area contributed by atoms with Crippen LogP contribution in [0.1, 0.15) is 36.9 Å². The molecule has 2 unspecified atom stereocenters. The summed E-state index contributed by atoms with van der Waals surface area (Å²) in [6, 6.07) is 9.06. The summed E-state index contributed by atoms with van der Waals surface area (Å²) < 4.78 is 11.3. The molecule has 3 rings (SSSR count). The average Bonchev–Trinajstić information content (AvgIpc) is 3.21. The van der Waals surface area contributed by atoms with E-state index in [0.717, 1.165) is 71.3 Å².